The maximum absolute atomic E-state index is 12.1. The normalized spacial score (nSPS) is 9.95. The molecular formula is C15H13BrN2O. The van der Waals surface area contributed by atoms with Gasteiger partial charge in [-0.15, -0.1) is 0 Å². The lowest BCUT2D eigenvalue weighted by atomic mass is 10.1. The molecule has 1 amide bonds. The predicted molar refractivity (Wildman–Crippen MR) is 81.8 cm³/mol. The number of rotatable bonds is 3. The van der Waals surface area contributed by atoms with Gasteiger partial charge in [-0.3, -0.25) is 4.79 Å². The largest absolute Gasteiger partial charge is 0.399 e. The van der Waals surface area contributed by atoms with Gasteiger partial charge in [0.15, 0.2) is 0 Å². The number of nitrogens with one attached hydrogen (secondary N) is 1. The van der Waals surface area contributed by atoms with Crippen molar-refractivity contribution < 1.29 is 4.79 Å². The fourth-order valence-electron chi connectivity index (χ4n) is 1.64. The van der Waals surface area contributed by atoms with Crippen LogP contribution < -0.4 is 11.1 Å². The van der Waals surface area contributed by atoms with Crippen molar-refractivity contribution in [2.24, 2.45) is 5.73 Å². The summed E-state index contributed by atoms with van der Waals surface area (Å²) in [5, 5.41) is 2.83. The van der Waals surface area contributed by atoms with Crippen LogP contribution in [-0.2, 0) is 0 Å². The summed E-state index contributed by atoms with van der Waals surface area (Å²) in [5.74, 6) is -0.174. The second kappa shape index (κ2) is 5.71. The number of hydrogen-bond acceptors (Lipinski definition) is 2. The third-order valence-electron chi connectivity index (χ3n) is 2.61. The molecule has 4 heteroatoms. The van der Waals surface area contributed by atoms with E-state index in [1.807, 2.05) is 30.3 Å². The first-order valence-corrected chi connectivity index (χ1v) is 6.48. The number of amides is 1. The van der Waals surface area contributed by atoms with E-state index in [2.05, 4.69) is 27.8 Å². The maximum Gasteiger partial charge on any atom is 0.256 e. The molecule has 2 aromatic rings. The van der Waals surface area contributed by atoms with Crippen LogP contribution in [0.1, 0.15) is 15.9 Å². The van der Waals surface area contributed by atoms with Crippen LogP contribution in [0.4, 0.5) is 5.69 Å². The minimum atomic E-state index is -0.174. The summed E-state index contributed by atoms with van der Waals surface area (Å²) >= 11 is 3.35. The van der Waals surface area contributed by atoms with E-state index in [4.69, 9.17) is 5.73 Å². The summed E-state index contributed by atoms with van der Waals surface area (Å²) in [6.07, 6.45) is 0. The number of anilines is 1. The van der Waals surface area contributed by atoms with Crippen molar-refractivity contribution in [2.45, 2.75) is 0 Å². The highest BCUT2D eigenvalue weighted by Gasteiger charge is 2.09. The lowest BCUT2D eigenvalue weighted by molar-refractivity contribution is 0.102. The molecule has 0 unspecified atom stereocenters. The highest BCUT2D eigenvalue weighted by Crippen LogP contribution is 2.19. The van der Waals surface area contributed by atoms with Gasteiger partial charge in [0.05, 0.1) is 5.56 Å². The first-order valence-electron chi connectivity index (χ1n) is 5.68. The topological polar surface area (TPSA) is 55.1 Å². The Balaban J connectivity index is 2.22. The van der Waals surface area contributed by atoms with Crippen molar-refractivity contribution in [3.8, 4) is 0 Å². The van der Waals surface area contributed by atoms with E-state index in [0.29, 0.717) is 16.9 Å². The van der Waals surface area contributed by atoms with Crippen molar-refractivity contribution >= 4 is 33.2 Å². The molecule has 96 valence electrons. The molecule has 0 aromatic heterocycles. The second-order valence-electron chi connectivity index (χ2n) is 4.04. The van der Waals surface area contributed by atoms with Gasteiger partial charge in [0.2, 0.25) is 0 Å². The van der Waals surface area contributed by atoms with Gasteiger partial charge in [-0.1, -0.05) is 30.8 Å². The molecule has 2 aromatic carbocycles. The van der Waals surface area contributed by atoms with Gasteiger partial charge in [-0.2, -0.15) is 0 Å². The Morgan fingerprint density at radius 3 is 2.58 bits per heavy atom. The van der Waals surface area contributed by atoms with Crippen molar-refractivity contribution in [3.63, 3.8) is 0 Å². The molecule has 0 atom stereocenters. The Bertz CT molecular complexity index is 638. The summed E-state index contributed by atoms with van der Waals surface area (Å²) in [6.45, 7) is 3.68. The quantitative estimate of drug-likeness (QED) is 0.908. The van der Waals surface area contributed by atoms with Gasteiger partial charge in [0, 0.05) is 15.9 Å². The number of halogens is 1. The Kier molecular flexibility index (Phi) is 4.02. The second-order valence-corrected chi connectivity index (χ2v) is 4.89. The molecule has 0 radical (unpaired) electrons. The van der Waals surface area contributed by atoms with Gasteiger partial charge < -0.3 is 11.1 Å². The third-order valence-corrected chi connectivity index (χ3v) is 3.30. The molecule has 19 heavy (non-hydrogen) atoms. The van der Waals surface area contributed by atoms with E-state index in [0.717, 1.165) is 10.0 Å². The number of hydrogen-bond donors (Lipinski definition) is 2. The Hall–Kier alpha value is -2.07. The Labute approximate surface area is 120 Å². The predicted octanol–water partition coefficient (Wildman–Crippen LogP) is 3.63. The van der Waals surface area contributed by atoms with E-state index in [1.165, 1.54) is 0 Å². The van der Waals surface area contributed by atoms with E-state index in [9.17, 15) is 4.79 Å². The van der Waals surface area contributed by atoms with Crippen LogP contribution in [0.3, 0.4) is 0 Å². The molecule has 0 spiro atoms. The van der Waals surface area contributed by atoms with E-state index >= 15 is 0 Å². The highest BCUT2D eigenvalue weighted by molar-refractivity contribution is 9.10. The van der Waals surface area contributed by atoms with Gasteiger partial charge in [-0.25, -0.2) is 0 Å². The highest BCUT2D eigenvalue weighted by atomic mass is 79.9. The van der Waals surface area contributed by atoms with Crippen molar-refractivity contribution in [1.82, 2.24) is 0 Å². The molecule has 3 nitrogen and oxygen atoms in total. The number of nitrogens with two attached hydrogens (primary N) is 1. The average Bonchev–Trinajstić information content (AvgIpc) is 2.39. The Morgan fingerprint density at radius 2 is 1.89 bits per heavy atom. The van der Waals surface area contributed by atoms with Gasteiger partial charge in [0.1, 0.15) is 0 Å². The van der Waals surface area contributed by atoms with Crippen molar-refractivity contribution in [2.75, 3.05) is 5.32 Å². The SMILES string of the molecule is C=C(N)c1cccc(NC(=O)c2ccccc2Br)c1. The zero-order chi connectivity index (χ0) is 13.8. The van der Waals surface area contributed by atoms with Gasteiger partial charge >= 0.3 is 0 Å². The molecule has 0 bridgehead atoms. The average molecular weight is 317 g/mol. The molecule has 3 N–H and O–H groups in total. The lowest BCUT2D eigenvalue weighted by Crippen LogP contribution is -2.12. The van der Waals surface area contributed by atoms with Crippen LogP contribution in [0, 0.1) is 0 Å². The van der Waals surface area contributed by atoms with Crippen LogP contribution in [0.25, 0.3) is 5.70 Å². The Morgan fingerprint density at radius 1 is 1.16 bits per heavy atom. The zero-order valence-corrected chi connectivity index (χ0v) is 11.8. The lowest BCUT2D eigenvalue weighted by Gasteiger charge is -2.08. The van der Waals surface area contributed by atoms with Crippen LogP contribution in [0.15, 0.2) is 59.6 Å². The third kappa shape index (κ3) is 3.23. The molecule has 0 heterocycles. The minimum Gasteiger partial charge on any atom is -0.399 e. The maximum atomic E-state index is 12.1. The first-order chi connectivity index (χ1) is 9.08. The fourth-order valence-corrected chi connectivity index (χ4v) is 2.11. The molecule has 0 aliphatic carbocycles. The molecule has 2 rings (SSSR count). The van der Waals surface area contributed by atoms with Crippen molar-refractivity contribution in [3.05, 3.63) is 70.7 Å². The molecule has 0 saturated carbocycles. The smallest absolute Gasteiger partial charge is 0.256 e. The number of benzene rings is 2. The molecule has 0 aliphatic rings. The molecule has 0 saturated heterocycles. The van der Waals surface area contributed by atoms with Crippen molar-refractivity contribution in [1.29, 1.82) is 0 Å². The summed E-state index contributed by atoms with van der Waals surface area (Å²) in [4.78, 5) is 12.1. The molecular weight excluding hydrogens is 304 g/mol. The summed E-state index contributed by atoms with van der Waals surface area (Å²) in [6, 6.07) is 14.5. The minimum absolute atomic E-state index is 0.174. The van der Waals surface area contributed by atoms with Gasteiger partial charge in [0.25, 0.3) is 5.91 Å². The van der Waals surface area contributed by atoms with Crippen LogP contribution in [0.2, 0.25) is 0 Å². The standard InChI is InChI=1S/C15H13BrN2O/c1-10(17)11-5-4-6-12(9-11)18-15(19)13-7-2-3-8-14(13)16/h2-9H,1,17H2,(H,18,19). The van der Waals surface area contributed by atoms with E-state index in [1.54, 1.807) is 18.2 Å². The summed E-state index contributed by atoms with van der Waals surface area (Å²) in [5.41, 5.74) is 8.17. The van der Waals surface area contributed by atoms with Crippen LogP contribution >= 0.6 is 15.9 Å². The molecule has 0 aliphatic heterocycles. The number of carbonyl (C=O) groups is 1. The number of carbonyl (C=O) groups excluding carboxylic acids is 1. The fraction of sp³-hybridized carbons (Fsp3) is 0. The van der Waals surface area contributed by atoms with Crippen LogP contribution in [0.5, 0.6) is 0 Å². The van der Waals surface area contributed by atoms with E-state index < -0.39 is 0 Å². The summed E-state index contributed by atoms with van der Waals surface area (Å²) in [7, 11) is 0. The molecule has 0 fully saturated rings. The van der Waals surface area contributed by atoms with E-state index in [-0.39, 0.29) is 5.91 Å². The van der Waals surface area contributed by atoms with Crippen LogP contribution in [-0.4, -0.2) is 5.91 Å². The zero-order valence-electron chi connectivity index (χ0n) is 10.2. The first kappa shape index (κ1) is 13.4. The monoisotopic (exact) mass is 316 g/mol. The summed E-state index contributed by atoms with van der Waals surface area (Å²) < 4.78 is 0.756. The van der Waals surface area contributed by atoms with Gasteiger partial charge in [-0.05, 0) is 45.8 Å².